The number of rotatable bonds is 6. The van der Waals surface area contributed by atoms with Gasteiger partial charge < -0.3 is 4.52 Å². The molecule has 2 aromatic carbocycles. The van der Waals surface area contributed by atoms with Crippen molar-refractivity contribution in [3.63, 3.8) is 0 Å². The van der Waals surface area contributed by atoms with Crippen LogP contribution in [-0.2, 0) is 15.6 Å². The van der Waals surface area contributed by atoms with E-state index in [1.165, 1.54) is 36.5 Å². The third kappa shape index (κ3) is 4.54. The van der Waals surface area contributed by atoms with Crippen LogP contribution >= 0.6 is 11.3 Å². The summed E-state index contributed by atoms with van der Waals surface area (Å²) in [6.07, 6.45) is 0. The van der Waals surface area contributed by atoms with Crippen molar-refractivity contribution in [2.75, 3.05) is 0 Å². The Labute approximate surface area is 181 Å². The third-order valence-corrected chi connectivity index (χ3v) is 7.67. The Hall–Kier alpha value is -2.98. The Balaban J connectivity index is 1.52. The first kappa shape index (κ1) is 21.3. The lowest BCUT2D eigenvalue weighted by Crippen LogP contribution is -2.13. The fourth-order valence-electron chi connectivity index (χ4n) is 2.83. The molecule has 0 aliphatic rings. The van der Waals surface area contributed by atoms with Gasteiger partial charge in [-0.15, -0.1) is 11.3 Å². The maximum absolute atomic E-state index is 13.8. The number of nitrogens with zero attached hydrogens (tertiary/aromatic N) is 3. The Bertz CT molecular complexity index is 1330. The fourth-order valence-corrected chi connectivity index (χ4v) is 4.98. The van der Waals surface area contributed by atoms with Crippen LogP contribution in [0.4, 0.5) is 8.78 Å². The first-order chi connectivity index (χ1) is 14.7. The molecule has 1 unspecified atom stereocenters. The topological polar surface area (TPSA) is 86.0 Å². The summed E-state index contributed by atoms with van der Waals surface area (Å²) in [4.78, 5) is 8.49. The van der Waals surface area contributed by atoms with E-state index in [0.29, 0.717) is 27.4 Å². The van der Waals surface area contributed by atoms with E-state index in [4.69, 9.17) is 4.52 Å². The largest absolute Gasteiger partial charge is 0.338 e. The summed E-state index contributed by atoms with van der Waals surface area (Å²) in [7, 11) is -3.71. The zero-order valence-corrected chi connectivity index (χ0v) is 18.2. The summed E-state index contributed by atoms with van der Waals surface area (Å²) in [6.45, 7) is 3.09. The fraction of sp³-hybridized carbons (Fsp3) is 0.190. The van der Waals surface area contributed by atoms with E-state index >= 15 is 0 Å². The van der Waals surface area contributed by atoms with E-state index in [1.54, 1.807) is 36.6 Å². The Kier molecular flexibility index (Phi) is 5.67. The molecule has 0 radical (unpaired) electrons. The molecule has 0 spiro atoms. The highest BCUT2D eigenvalue weighted by Crippen LogP contribution is 2.29. The molecular weight excluding hydrogens is 444 g/mol. The van der Waals surface area contributed by atoms with E-state index in [9.17, 15) is 17.2 Å². The van der Waals surface area contributed by atoms with Crippen LogP contribution in [0.15, 0.2) is 52.4 Å². The summed E-state index contributed by atoms with van der Waals surface area (Å²) in [6, 6.07) is 10.3. The number of thiazole rings is 1. The monoisotopic (exact) mass is 461 g/mol. The minimum Gasteiger partial charge on any atom is -0.338 e. The molecule has 0 fully saturated rings. The van der Waals surface area contributed by atoms with Crippen molar-refractivity contribution in [3.8, 4) is 22.0 Å². The van der Waals surface area contributed by atoms with Crippen molar-refractivity contribution in [2.45, 2.75) is 24.9 Å². The van der Waals surface area contributed by atoms with Crippen LogP contribution in [0.1, 0.15) is 29.3 Å². The maximum atomic E-state index is 13.8. The van der Waals surface area contributed by atoms with Crippen molar-refractivity contribution in [2.24, 2.45) is 0 Å². The molecule has 0 aliphatic heterocycles. The quantitative estimate of drug-likeness (QED) is 0.396. The van der Waals surface area contributed by atoms with Crippen molar-refractivity contribution >= 4 is 21.2 Å². The zero-order valence-electron chi connectivity index (χ0n) is 16.5. The lowest BCUT2D eigenvalue weighted by atomic mass is 10.1. The van der Waals surface area contributed by atoms with Gasteiger partial charge >= 0.3 is 0 Å². The van der Waals surface area contributed by atoms with Gasteiger partial charge in [-0.25, -0.2) is 22.2 Å². The Morgan fingerprint density at radius 1 is 1.06 bits per heavy atom. The van der Waals surface area contributed by atoms with E-state index in [-0.39, 0.29) is 23.3 Å². The molecule has 31 heavy (non-hydrogen) atoms. The molecule has 10 heteroatoms. The molecule has 4 rings (SSSR count). The van der Waals surface area contributed by atoms with Crippen LogP contribution in [0.25, 0.3) is 22.0 Å². The van der Waals surface area contributed by atoms with Crippen LogP contribution in [-0.4, -0.2) is 23.5 Å². The van der Waals surface area contributed by atoms with Gasteiger partial charge in [0.2, 0.25) is 11.7 Å². The average Bonchev–Trinajstić information content (AvgIpc) is 3.40. The minimum absolute atomic E-state index is 0.0787. The average molecular weight is 462 g/mol. The number of aromatic nitrogens is 3. The SMILES string of the molecule is Cc1ccc(-c2noc(C(C)S(=O)(=O)Cc3csc(-c4ccc(F)cc4)n3)n2)cc1F. The minimum atomic E-state index is -3.71. The van der Waals surface area contributed by atoms with Gasteiger partial charge in [0.15, 0.2) is 9.84 Å². The van der Waals surface area contributed by atoms with Crippen LogP contribution < -0.4 is 0 Å². The smallest absolute Gasteiger partial charge is 0.245 e. The van der Waals surface area contributed by atoms with E-state index < -0.39 is 20.9 Å². The summed E-state index contributed by atoms with van der Waals surface area (Å²) in [5, 5.41) is 4.97. The van der Waals surface area contributed by atoms with Gasteiger partial charge in [0.25, 0.3) is 0 Å². The molecule has 6 nitrogen and oxygen atoms in total. The molecule has 4 aromatic rings. The highest BCUT2D eigenvalue weighted by molar-refractivity contribution is 7.90. The van der Waals surface area contributed by atoms with Crippen molar-refractivity contribution in [1.29, 1.82) is 0 Å². The van der Waals surface area contributed by atoms with Crippen molar-refractivity contribution in [3.05, 3.63) is 76.6 Å². The number of aryl methyl sites for hydroxylation is 1. The van der Waals surface area contributed by atoms with Crippen LogP contribution in [0.2, 0.25) is 0 Å². The Morgan fingerprint density at radius 2 is 1.77 bits per heavy atom. The van der Waals surface area contributed by atoms with E-state index in [1.807, 2.05) is 0 Å². The van der Waals surface area contributed by atoms with Crippen LogP contribution in [0.5, 0.6) is 0 Å². The highest BCUT2D eigenvalue weighted by atomic mass is 32.2. The third-order valence-electron chi connectivity index (χ3n) is 4.75. The molecule has 0 saturated heterocycles. The predicted octanol–water partition coefficient (Wildman–Crippen LogP) is 5.12. The van der Waals surface area contributed by atoms with Gasteiger partial charge in [0.1, 0.15) is 21.9 Å². The number of hydrogen-bond acceptors (Lipinski definition) is 7. The molecule has 0 saturated carbocycles. The zero-order chi connectivity index (χ0) is 22.2. The molecule has 2 aromatic heterocycles. The summed E-state index contributed by atoms with van der Waals surface area (Å²) >= 11 is 1.28. The maximum Gasteiger partial charge on any atom is 0.245 e. The second kappa shape index (κ2) is 8.27. The normalized spacial score (nSPS) is 12.8. The number of sulfone groups is 1. The van der Waals surface area contributed by atoms with Gasteiger partial charge in [0, 0.05) is 16.5 Å². The van der Waals surface area contributed by atoms with Gasteiger partial charge in [-0.2, -0.15) is 4.98 Å². The lowest BCUT2D eigenvalue weighted by molar-refractivity contribution is 0.377. The van der Waals surface area contributed by atoms with Gasteiger partial charge in [-0.3, -0.25) is 0 Å². The summed E-state index contributed by atoms with van der Waals surface area (Å²) < 4.78 is 57.8. The first-order valence-corrected chi connectivity index (χ1v) is 11.8. The van der Waals surface area contributed by atoms with Crippen LogP contribution in [0.3, 0.4) is 0 Å². The summed E-state index contributed by atoms with van der Waals surface area (Å²) in [5.41, 5.74) is 1.95. The second-order valence-corrected chi connectivity index (χ2v) is 10.2. The van der Waals surface area contributed by atoms with Crippen molar-refractivity contribution in [1.82, 2.24) is 15.1 Å². The standard InChI is InChI=1S/C21H17F2N3O3S2/c1-12-3-4-15(9-18(12)23)19-25-20(29-26-19)13(2)31(27,28)11-17-10-30-21(24-17)14-5-7-16(22)8-6-14/h3-10,13H,11H2,1-2H3. The molecule has 0 bridgehead atoms. The van der Waals surface area contributed by atoms with Crippen LogP contribution in [0, 0.1) is 18.6 Å². The van der Waals surface area contributed by atoms with Gasteiger partial charge in [-0.05, 0) is 49.7 Å². The molecule has 160 valence electrons. The first-order valence-electron chi connectivity index (χ1n) is 9.25. The predicted molar refractivity (Wildman–Crippen MR) is 113 cm³/mol. The van der Waals surface area contributed by atoms with Gasteiger partial charge in [0.05, 0.1) is 11.4 Å². The number of benzene rings is 2. The molecule has 0 N–H and O–H groups in total. The molecule has 1 atom stereocenters. The Morgan fingerprint density at radius 3 is 2.48 bits per heavy atom. The summed E-state index contributed by atoms with van der Waals surface area (Å²) in [5.74, 6) is -1.05. The van der Waals surface area contributed by atoms with Crippen molar-refractivity contribution < 1.29 is 21.7 Å². The van der Waals surface area contributed by atoms with E-state index in [2.05, 4.69) is 15.1 Å². The molecule has 0 aliphatic carbocycles. The van der Waals surface area contributed by atoms with Gasteiger partial charge in [-0.1, -0.05) is 17.3 Å². The number of hydrogen-bond donors (Lipinski definition) is 0. The number of halogens is 2. The molecular formula is C21H17F2N3O3S2. The highest BCUT2D eigenvalue weighted by Gasteiger charge is 2.29. The van der Waals surface area contributed by atoms with E-state index in [0.717, 1.165) is 0 Å². The second-order valence-electron chi connectivity index (χ2n) is 7.02. The lowest BCUT2D eigenvalue weighted by Gasteiger charge is -2.07. The molecule has 2 heterocycles. The molecule has 0 amide bonds.